The molecule has 0 aromatic heterocycles. The molecule has 2 unspecified atom stereocenters. The van der Waals surface area contributed by atoms with Crippen LogP contribution in [0.1, 0.15) is 45.1 Å². The van der Waals surface area contributed by atoms with Crippen LogP contribution in [-0.4, -0.2) is 36.2 Å². The lowest BCUT2D eigenvalue weighted by atomic mass is 9.99. The molecule has 0 saturated carbocycles. The van der Waals surface area contributed by atoms with Gasteiger partial charge in [0.25, 0.3) is 0 Å². The molecule has 0 heterocycles. The van der Waals surface area contributed by atoms with Gasteiger partial charge >= 0.3 is 5.97 Å². The first-order chi connectivity index (χ1) is 11.3. The molecule has 24 heavy (non-hydrogen) atoms. The Hall–Kier alpha value is -1.95. The van der Waals surface area contributed by atoms with E-state index in [0.29, 0.717) is 18.1 Å². The molecular formula is C18H26FNO4. The predicted octanol–water partition coefficient (Wildman–Crippen LogP) is 2.95. The third-order valence-corrected chi connectivity index (χ3v) is 3.61. The Labute approximate surface area is 142 Å². The summed E-state index contributed by atoms with van der Waals surface area (Å²) in [7, 11) is 0. The summed E-state index contributed by atoms with van der Waals surface area (Å²) in [4.78, 5) is 23.1. The maximum Gasteiger partial charge on any atom is 0.312 e. The zero-order valence-corrected chi connectivity index (χ0v) is 14.4. The summed E-state index contributed by atoms with van der Waals surface area (Å²) in [5.41, 5.74) is 0.450. The normalized spacial score (nSPS) is 13.5. The minimum Gasteiger partial charge on any atom is -0.481 e. The van der Waals surface area contributed by atoms with Crippen LogP contribution in [0.5, 0.6) is 0 Å². The number of aliphatic carboxylic acids is 1. The monoisotopic (exact) mass is 339 g/mol. The number of halogens is 1. The Balaban J connectivity index is 2.40. The Morgan fingerprint density at radius 1 is 1.21 bits per heavy atom. The number of carbonyl (C=O) groups excluding carboxylic acids is 1. The van der Waals surface area contributed by atoms with Crippen LogP contribution in [0.15, 0.2) is 24.3 Å². The SMILES string of the molecule is CC(C)CC(C)OCCC(=O)NCC(C(=O)O)c1ccc(F)cc1. The average molecular weight is 339 g/mol. The van der Waals surface area contributed by atoms with Crippen molar-refractivity contribution in [1.82, 2.24) is 5.32 Å². The fraction of sp³-hybridized carbons (Fsp3) is 0.556. The Morgan fingerprint density at radius 2 is 1.83 bits per heavy atom. The van der Waals surface area contributed by atoms with Gasteiger partial charge in [0.15, 0.2) is 0 Å². The van der Waals surface area contributed by atoms with Gasteiger partial charge in [0.1, 0.15) is 5.82 Å². The van der Waals surface area contributed by atoms with Crippen LogP contribution < -0.4 is 5.32 Å². The van der Waals surface area contributed by atoms with Crippen molar-refractivity contribution in [3.05, 3.63) is 35.6 Å². The second-order valence-corrected chi connectivity index (χ2v) is 6.31. The number of carboxylic acid groups (broad SMARTS) is 1. The van der Waals surface area contributed by atoms with Crippen molar-refractivity contribution in [1.29, 1.82) is 0 Å². The number of ether oxygens (including phenoxy) is 1. The number of carbonyl (C=O) groups is 2. The molecule has 0 spiro atoms. The maximum atomic E-state index is 12.9. The first kappa shape index (κ1) is 20.1. The highest BCUT2D eigenvalue weighted by molar-refractivity contribution is 5.79. The summed E-state index contributed by atoms with van der Waals surface area (Å²) in [5, 5.41) is 11.9. The molecule has 1 aromatic rings. The van der Waals surface area contributed by atoms with E-state index < -0.39 is 17.7 Å². The van der Waals surface area contributed by atoms with E-state index in [0.717, 1.165) is 6.42 Å². The van der Waals surface area contributed by atoms with Crippen molar-refractivity contribution < 1.29 is 23.8 Å². The number of rotatable bonds is 10. The van der Waals surface area contributed by atoms with E-state index in [-0.39, 0.29) is 25.0 Å². The van der Waals surface area contributed by atoms with Gasteiger partial charge in [0.05, 0.1) is 18.6 Å². The van der Waals surface area contributed by atoms with E-state index >= 15 is 0 Å². The van der Waals surface area contributed by atoms with Crippen LogP contribution >= 0.6 is 0 Å². The van der Waals surface area contributed by atoms with Crippen molar-refractivity contribution in [3.63, 3.8) is 0 Å². The quantitative estimate of drug-likeness (QED) is 0.687. The van der Waals surface area contributed by atoms with Gasteiger partial charge in [-0.25, -0.2) is 4.39 Å². The maximum absolute atomic E-state index is 12.9. The number of hydrogen-bond acceptors (Lipinski definition) is 3. The summed E-state index contributed by atoms with van der Waals surface area (Å²) in [5.74, 6) is -2.14. The highest BCUT2D eigenvalue weighted by Gasteiger charge is 2.20. The van der Waals surface area contributed by atoms with Crippen LogP contribution in [-0.2, 0) is 14.3 Å². The van der Waals surface area contributed by atoms with E-state index in [1.165, 1.54) is 24.3 Å². The third-order valence-electron chi connectivity index (χ3n) is 3.61. The molecular weight excluding hydrogens is 313 g/mol. The lowest BCUT2D eigenvalue weighted by Gasteiger charge is -2.16. The highest BCUT2D eigenvalue weighted by atomic mass is 19.1. The molecule has 5 nitrogen and oxygen atoms in total. The van der Waals surface area contributed by atoms with Crippen molar-refractivity contribution >= 4 is 11.9 Å². The summed E-state index contributed by atoms with van der Waals surface area (Å²) < 4.78 is 18.5. The second-order valence-electron chi connectivity index (χ2n) is 6.31. The van der Waals surface area contributed by atoms with Gasteiger partial charge < -0.3 is 15.2 Å². The summed E-state index contributed by atoms with van der Waals surface area (Å²) in [6.07, 6.45) is 1.19. The highest BCUT2D eigenvalue weighted by Crippen LogP contribution is 2.16. The van der Waals surface area contributed by atoms with Gasteiger partial charge in [-0.1, -0.05) is 26.0 Å². The minimum absolute atomic E-state index is 0.0403. The zero-order chi connectivity index (χ0) is 18.1. The number of benzene rings is 1. The molecule has 1 aromatic carbocycles. The number of carboxylic acids is 1. The first-order valence-corrected chi connectivity index (χ1v) is 8.16. The van der Waals surface area contributed by atoms with Crippen LogP contribution in [0.4, 0.5) is 4.39 Å². The smallest absolute Gasteiger partial charge is 0.312 e. The van der Waals surface area contributed by atoms with Crippen LogP contribution in [0.25, 0.3) is 0 Å². The second kappa shape index (κ2) is 10.0. The zero-order valence-electron chi connectivity index (χ0n) is 14.4. The fourth-order valence-electron chi connectivity index (χ4n) is 2.43. The van der Waals surface area contributed by atoms with E-state index in [4.69, 9.17) is 4.74 Å². The molecule has 0 fully saturated rings. The van der Waals surface area contributed by atoms with Crippen molar-refractivity contribution in [2.45, 2.75) is 45.6 Å². The number of nitrogens with one attached hydrogen (secondary N) is 1. The molecule has 1 amide bonds. The Bertz CT molecular complexity index is 530. The predicted molar refractivity (Wildman–Crippen MR) is 89.3 cm³/mol. The standard InChI is InChI=1S/C18H26FNO4/c1-12(2)10-13(3)24-9-8-17(21)20-11-16(18(22)23)14-4-6-15(19)7-5-14/h4-7,12-13,16H,8-11H2,1-3H3,(H,20,21)(H,22,23). The Kier molecular flexibility index (Phi) is 8.40. The molecule has 0 saturated heterocycles. The van der Waals surface area contributed by atoms with Crippen molar-refractivity contribution in [2.24, 2.45) is 5.92 Å². The number of hydrogen-bond donors (Lipinski definition) is 2. The first-order valence-electron chi connectivity index (χ1n) is 8.16. The van der Waals surface area contributed by atoms with Gasteiger partial charge in [-0.15, -0.1) is 0 Å². The van der Waals surface area contributed by atoms with Crippen LogP contribution in [0.3, 0.4) is 0 Å². The molecule has 0 radical (unpaired) electrons. The van der Waals surface area contributed by atoms with Crippen LogP contribution in [0.2, 0.25) is 0 Å². The van der Waals surface area contributed by atoms with Crippen molar-refractivity contribution in [2.75, 3.05) is 13.2 Å². The largest absolute Gasteiger partial charge is 0.481 e. The lowest BCUT2D eigenvalue weighted by molar-refractivity contribution is -0.138. The Morgan fingerprint density at radius 3 is 2.38 bits per heavy atom. The molecule has 0 aliphatic heterocycles. The van der Waals surface area contributed by atoms with Gasteiger partial charge in [-0.2, -0.15) is 0 Å². The number of amides is 1. The molecule has 0 aliphatic carbocycles. The summed E-state index contributed by atoms with van der Waals surface area (Å²) in [6, 6.07) is 5.24. The fourth-order valence-corrected chi connectivity index (χ4v) is 2.43. The average Bonchev–Trinajstić information content (AvgIpc) is 2.48. The van der Waals surface area contributed by atoms with E-state index in [1.807, 2.05) is 6.92 Å². The minimum atomic E-state index is -1.07. The van der Waals surface area contributed by atoms with Gasteiger partial charge in [0.2, 0.25) is 5.91 Å². The summed E-state index contributed by atoms with van der Waals surface area (Å²) >= 11 is 0. The molecule has 1 rings (SSSR count). The molecule has 0 bridgehead atoms. The van der Waals surface area contributed by atoms with Gasteiger partial charge in [0, 0.05) is 13.0 Å². The molecule has 134 valence electrons. The third kappa shape index (κ3) is 7.55. The van der Waals surface area contributed by atoms with Gasteiger partial charge in [-0.3, -0.25) is 9.59 Å². The topological polar surface area (TPSA) is 75.6 Å². The lowest BCUT2D eigenvalue weighted by Crippen LogP contribution is -2.32. The molecule has 2 N–H and O–H groups in total. The molecule has 2 atom stereocenters. The van der Waals surface area contributed by atoms with Gasteiger partial charge in [-0.05, 0) is 37.0 Å². The van der Waals surface area contributed by atoms with Crippen molar-refractivity contribution in [3.8, 4) is 0 Å². The summed E-state index contributed by atoms with van der Waals surface area (Å²) in [6.45, 7) is 6.43. The van der Waals surface area contributed by atoms with E-state index in [1.54, 1.807) is 0 Å². The van der Waals surface area contributed by atoms with Crippen LogP contribution in [0, 0.1) is 11.7 Å². The van der Waals surface area contributed by atoms with E-state index in [9.17, 15) is 19.1 Å². The molecule has 0 aliphatic rings. The molecule has 6 heteroatoms. The van der Waals surface area contributed by atoms with E-state index in [2.05, 4.69) is 19.2 Å².